The smallest absolute Gasteiger partial charge is 0.321 e. The SMILES string of the molecule is CCCCN(CCO)C(=O)Nc1ccc(N(C)C(C)C)c(F)c1. The lowest BCUT2D eigenvalue weighted by Crippen LogP contribution is -2.37. The number of rotatable bonds is 8. The Labute approximate surface area is 138 Å². The average Bonchev–Trinajstić information content (AvgIpc) is 2.50. The predicted molar refractivity (Wildman–Crippen MR) is 92.5 cm³/mol. The summed E-state index contributed by atoms with van der Waals surface area (Å²) in [4.78, 5) is 15.6. The Morgan fingerprint density at radius 3 is 2.57 bits per heavy atom. The van der Waals surface area contributed by atoms with Gasteiger partial charge in [0.1, 0.15) is 5.82 Å². The van der Waals surface area contributed by atoms with Crippen LogP contribution in [0.3, 0.4) is 0 Å². The highest BCUT2D eigenvalue weighted by molar-refractivity contribution is 5.89. The highest BCUT2D eigenvalue weighted by atomic mass is 19.1. The van der Waals surface area contributed by atoms with Crippen molar-refractivity contribution in [3.05, 3.63) is 24.0 Å². The largest absolute Gasteiger partial charge is 0.395 e. The van der Waals surface area contributed by atoms with Crippen LogP contribution in [0.25, 0.3) is 0 Å². The standard InChI is InChI=1S/C17H28FN3O2/c1-5-6-9-21(10-11-22)17(23)19-14-7-8-16(15(18)12-14)20(4)13(2)3/h7-8,12-13,22H,5-6,9-11H2,1-4H3,(H,19,23). The maximum atomic E-state index is 14.2. The zero-order chi connectivity index (χ0) is 17.4. The number of anilines is 2. The summed E-state index contributed by atoms with van der Waals surface area (Å²) in [5.74, 6) is -0.374. The molecule has 0 aromatic heterocycles. The maximum Gasteiger partial charge on any atom is 0.321 e. The van der Waals surface area contributed by atoms with E-state index >= 15 is 0 Å². The second kappa shape index (κ2) is 9.35. The van der Waals surface area contributed by atoms with E-state index < -0.39 is 0 Å². The Morgan fingerprint density at radius 1 is 1.35 bits per heavy atom. The summed E-state index contributed by atoms with van der Waals surface area (Å²) in [6.07, 6.45) is 1.82. The number of carbonyl (C=O) groups excluding carboxylic acids is 1. The van der Waals surface area contributed by atoms with Crippen LogP contribution in [0.2, 0.25) is 0 Å². The third-order valence-electron chi connectivity index (χ3n) is 3.79. The van der Waals surface area contributed by atoms with Crippen LogP contribution in [-0.4, -0.2) is 48.8 Å². The van der Waals surface area contributed by atoms with Gasteiger partial charge in [0.25, 0.3) is 0 Å². The molecule has 1 rings (SSSR count). The van der Waals surface area contributed by atoms with E-state index in [-0.39, 0.29) is 31.0 Å². The van der Waals surface area contributed by atoms with Gasteiger partial charge in [-0.25, -0.2) is 9.18 Å². The van der Waals surface area contributed by atoms with Crippen LogP contribution in [0.4, 0.5) is 20.6 Å². The molecular weight excluding hydrogens is 297 g/mol. The second-order valence-electron chi connectivity index (χ2n) is 5.87. The third-order valence-corrected chi connectivity index (χ3v) is 3.79. The molecule has 0 fully saturated rings. The summed E-state index contributed by atoms with van der Waals surface area (Å²) in [6, 6.07) is 4.53. The van der Waals surface area contributed by atoms with Crippen molar-refractivity contribution < 1.29 is 14.3 Å². The molecule has 0 saturated carbocycles. The molecular formula is C17H28FN3O2. The number of halogens is 1. The Morgan fingerprint density at radius 2 is 2.04 bits per heavy atom. The quantitative estimate of drug-likeness (QED) is 0.771. The normalized spacial score (nSPS) is 10.7. The number of nitrogens with one attached hydrogen (secondary N) is 1. The van der Waals surface area contributed by atoms with E-state index in [2.05, 4.69) is 5.32 Å². The molecule has 0 radical (unpaired) electrons. The van der Waals surface area contributed by atoms with E-state index in [4.69, 9.17) is 5.11 Å². The first kappa shape index (κ1) is 19.2. The fourth-order valence-corrected chi connectivity index (χ4v) is 2.14. The Bertz CT molecular complexity index is 509. The number of benzene rings is 1. The topological polar surface area (TPSA) is 55.8 Å². The number of carbonyl (C=O) groups is 1. The molecule has 0 aliphatic rings. The monoisotopic (exact) mass is 325 g/mol. The summed E-state index contributed by atoms with van der Waals surface area (Å²) in [7, 11) is 1.83. The number of nitrogens with zero attached hydrogens (tertiary/aromatic N) is 2. The lowest BCUT2D eigenvalue weighted by molar-refractivity contribution is 0.187. The van der Waals surface area contributed by atoms with E-state index in [0.717, 1.165) is 12.8 Å². The van der Waals surface area contributed by atoms with Crippen LogP contribution in [0, 0.1) is 5.82 Å². The molecule has 0 saturated heterocycles. The molecule has 0 aliphatic carbocycles. The van der Waals surface area contributed by atoms with Crippen LogP contribution in [0.15, 0.2) is 18.2 Å². The van der Waals surface area contributed by atoms with Gasteiger partial charge in [0.05, 0.1) is 12.3 Å². The molecule has 0 unspecified atom stereocenters. The summed E-state index contributed by atoms with van der Waals surface area (Å²) in [6.45, 7) is 6.74. The number of hydrogen-bond acceptors (Lipinski definition) is 3. The van der Waals surface area contributed by atoms with Crippen molar-refractivity contribution >= 4 is 17.4 Å². The lowest BCUT2D eigenvalue weighted by atomic mass is 10.2. The van der Waals surface area contributed by atoms with Crippen LogP contribution >= 0.6 is 0 Å². The van der Waals surface area contributed by atoms with Gasteiger partial charge in [0.2, 0.25) is 0 Å². The molecule has 5 nitrogen and oxygen atoms in total. The van der Waals surface area contributed by atoms with Gasteiger partial charge in [-0.05, 0) is 38.5 Å². The van der Waals surface area contributed by atoms with Gasteiger partial charge in [-0.1, -0.05) is 13.3 Å². The van der Waals surface area contributed by atoms with E-state index in [1.54, 1.807) is 12.1 Å². The molecule has 130 valence electrons. The zero-order valence-electron chi connectivity index (χ0n) is 14.5. The minimum absolute atomic E-state index is 0.0936. The number of hydrogen-bond donors (Lipinski definition) is 2. The van der Waals surface area contributed by atoms with E-state index in [0.29, 0.717) is 17.9 Å². The van der Waals surface area contributed by atoms with Crippen LogP contribution in [0.5, 0.6) is 0 Å². The van der Waals surface area contributed by atoms with Gasteiger partial charge in [0, 0.05) is 31.9 Å². The van der Waals surface area contributed by atoms with Gasteiger partial charge in [-0.2, -0.15) is 0 Å². The van der Waals surface area contributed by atoms with Crippen molar-refractivity contribution in [2.45, 2.75) is 39.7 Å². The summed E-state index contributed by atoms with van der Waals surface area (Å²) in [5, 5.41) is 11.7. The van der Waals surface area contributed by atoms with Gasteiger partial charge in [-0.15, -0.1) is 0 Å². The number of amides is 2. The minimum atomic E-state index is -0.374. The molecule has 0 spiro atoms. The van der Waals surface area contributed by atoms with Crippen molar-refractivity contribution in [3.8, 4) is 0 Å². The van der Waals surface area contributed by atoms with Gasteiger partial charge in [-0.3, -0.25) is 0 Å². The van der Waals surface area contributed by atoms with E-state index in [1.165, 1.54) is 11.0 Å². The first-order valence-electron chi connectivity index (χ1n) is 8.09. The molecule has 2 N–H and O–H groups in total. The number of unbranched alkanes of at least 4 members (excludes halogenated alkanes) is 1. The molecule has 1 aromatic carbocycles. The Hall–Kier alpha value is -1.82. The van der Waals surface area contributed by atoms with Crippen LogP contribution in [0.1, 0.15) is 33.6 Å². The molecule has 0 heterocycles. The third kappa shape index (κ3) is 5.71. The van der Waals surface area contributed by atoms with Crippen molar-refractivity contribution in [3.63, 3.8) is 0 Å². The predicted octanol–water partition coefficient (Wildman–Crippen LogP) is 3.30. The van der Waals surface area contributed by atoms with Gasteiger partial charge in [0.15, 0.2) is 0 Å². The maximum absolute atomic E-state index is 14.2. The van der Waals surface area contributed by atoms with E-state index in [9.17, 15) is 9.18 Å². The van der Waals surface area contributed by atoms with Gasteiger partial charge >= 0.3 is 6.03 Å². The van der Waals surface area contributed by atoms with Crippen LogP contribution in [-0.2, 0) is 0 Å². The Kier molecular flexibility index (Phi) is 7.81. The number of aliphatic hydroxyl groups is 1. The van der Waals surface area contributed by atoms with Crippen molar-refractivity contribution in [2.75, 3.05) is 37.0 Å². The zero-order valence-corrected chi connectivity index (χ0v) is 14.5. The molecule has 6 heteroatoms. The van der Waals surface area contributed by atoms with Crippen molar-refractivity contribution in [1.29, 1.82) is 0 Å². The minimum Gasteiger partial charge on any atom is -0.395 e. The molecule has 0 aliphatic heterocycles. The fraction of sp³-hybridized carbons (Fsp3) is 0.588. The summed E-state index contributed by atoms with van der Waals surface area (Å²) >= 11 is 0. The lowest BCUT2D eigenvalue weighted by Gasteiger charge is -2.25. The number of aliphatic hydroxyl groups excluding tert-OH is 1. The first-order valence-corrected chi connectivity index (χ1v) is 8.09. The fourth-order valence-electron chi connectivity index (χ4n) is 2.14. The van der Waals surface area contributed by atoms with Crippen molar-refractivity contribution in [2.24, 2.45) is 0 Å². The highest BCUT2D eigenvalue weighted by Crippen LogP contribution is 2.23. The molecule has 1 aromatic rings. The molecule has 0 bridgehead atoms. The summed E-state index contributed by atoms with van der Waals surface area (Å²) < 4.78 is 14.2. The Balaban J connectivity index is 2.79. The molecule has 23 heavy (non-hydrogen) atoms. The number of urea groups is 1. The average molecular weight is 325 g/mol. The highest BCUT2D eigenvalue weighted by Gasteiger charge is 2.15. The summed E-state index contributed by atoms with van der Waals surface area (Å²) in [5.41, 5.74) is 0.907. The van der Waals surface area contributed by atoms with Crippen molar-refractivity contribution in [1.82, 2.24) is 4.90 Å². The van der Waals surface area contributed by atoms with E-state index in [1.807, 2.05) is 32.7 Å². The second-order valence-corrected chi connectivity index (χ2v) is 5.87. The first-order chi connectivity index (χ1) is 10.9. The molecule has 0 atom stereocenters. The molecule has 2 amide bonds. The van der Waals surface area contributed by atoms with Gasteiger partial charge < -0.3 is 20.2 Å². The van der Waals surface area contributed by atoms with Crippen LogP contribution < -0.4 is 10.2 Å².